The molecule has 0 atom stereocenters. The standard InChI is InChI=1S/C15H15N3O2/c19-14(11-5-3-6-11)17-18-15(20)13-9-8-10-4-1-2-7-12(10)16-13/h1-2,4,7-9,11H,3,5-6H2,(H,17,19)(H,18,20). The summed E-state index contributed by atoms with van der Waals surface area (Å²) in [5, 5.41) is 0.975. The minimum Gasteiger partial charge on any atom is -0.273 e. The molecule has 1 aliphatic carbocycles. The first-order valence-electron chi connectivity index (χ1n) is 6.70. The van der Waals surface area contributed by atoms with E-state index in [1.54, 1.807) is 6.07 Å². The number of aromatic nitrogens is 1. The minimum absolute atomic E-state index is 0.0415. The van der Waals surface area contributed by atoms with Gasteiger partial charge in [-0.25, -0.2) is 4.98 Å². The fourth-order valence-corrected chi connectivity index (χ4v) is 2.15. The van der Waals surface area contributed by atoms with Crippen molar-refractivity contribution < 1.29 is 9.59 Å². The number of nitrogens with zero attached hydrogens (tertiary/aromatic N) is 1. The van der Waals surface area contributed by atoms with Crippen molar-refractivity contribution in [2.75, 3.05) is 0 Å². The Bertz CT molecular complexity index is 665. The summed E-state index contributed by atoms with van der Waals surface area (Å²) in [5.41, 5.74) is 5.91. The van der Waals surface area contributed by atoms with Gasteiger partial charge < -0.3 is 0 Å². The first-order chi connectivity index (χ1) is 9.74. The summed E-state index contributed by atoms with van der Waals surface area (Å²) >= 11 is 0. The summed E-state index contributed by atoms with van der Waals surface area (Å²) in [6.07, 6.45) is 2.88. The van der Waals surface area contributed by atoms with E-state index in [4.69, 9.17) is 0 Å². The van der Waals surface area contributed by atoms with Crippen molar-refractivity contribution in [1.29, 1.82) is 0 Å². The summed E-state index contributed by atoms with van der Waals surface area (Å²) in [6, 6.07) is 11.1. The zero-order valence-electron chi connectivity index (χ0n) is 10.9. The highest BCUT2D eigenvalue weighted by atomic mass is 16.2. The summed E-state index contributed by atoms with van der Waals surface area (Å²) in [5.74, 6) is -0.478. The van der Waals surface area contributed by atoms with Gasteiger partial charge in [0.25, 0.3) is 5.91 Å². The van der Waals surface area contributed by atoms with Gasteiger partial charge in [0.2, 0.25) is 5.91 Å². The van der Waals surface area contributed by atoms with Crippen LogP contribution in [0.1, 0.15) is 29.8 Å². The van der Waals surface area contributed by atoms with Crippen LogP contribution in [0.15, 0.2) is 36.4 Å². The molecular weight excluding hydrogens is 254 g/mol. The van der Waals surface area contributed by atoms with Crippen molar-refractivity contribution in [3.05, 3.63) is 42.1 Å². The molecule has 3 rings (SSSR count). The molecule has 0 unspecified atom stereocenters. The molecule has 1 aromatic heterocycles. The molecule has 0 spiro atoms. The smallest absolute Gasteiger partial charge is 0.273 e. The van der Waals surface area contributed by atoms with Crippen molar-refractivity contribution in [2.45, 2.75) is 19.3 Å². The molecule has 0 bridgehead atoms. The second-order valence-corrected chi connectivity index (χ2v) is 4.96. The average Bonchev–Trinajstić information content (AvgIpc) is 2.42. The number of para-hydroxylation sites is 1. The summed E-state index contributed by atoms with van der Waals surface area (Å²) in [7, 11) is 0. The number of carbonyl (C=O) groups is 2. The number of hydrogen-bond acceptors (Lipinski definition) is 3. The highest BCUT2D eigenvalue weighted by molar-refractivity contribution is 5.96. The zero-order chi connectivity index (χ0) is 13.9. The van der Waals surface area contributed by atoms with E-state index in [1.165, 1.54) is 0 Å². The molecule has 2 amide bonds. The van der Waals surface area contributed by atoms with Crippen LogP contribution in [0.3, 0.4) is 0 Å². The van der Waals surface area contributed by atoms with Crippen LogP contribution in [0.25, 0.3) is 10.9 Å². The van der Waals surface area contributed by atoms with E-state index < -0.39 is 5.91 Å². The van der Waals surface area contributed by atoms with E-state index in [2.05, 4.69) is 15.8 Å². The molecule has 1 saturated carbocycles. The number of carbonyl (C=O) groups excluding carboxylic acids is 2. The molecule has 1 aliphatic rings. The predicted octanol–water partition coefficient (Wildman–Crippen LogP) is 1.80. The molecule has 5 heteroatoms. The lowest BCUT2D eigenvalue weighted by Gasteiger charge is -2.23. The number of hydrogen-bond donors (Lipinski definition) is 2. The van der Waals surface area contributed by atoms with Crippen LogP contribution in [0.5, 0.6) is 0 Å². The van der Waals surface area contributed by atoms with Crippen LogP contribution in [0, 0.1) is 5.92 Å². The number of fused-ring (bicyclic) bond motifs is 1. The van der Waals surface area contributed by atoms with Gasteiger partial charge in [-0.2, -0.15) is 0 Å². The molecule has 2 N–H and O–H groups in total. The highest BCUT2D eigenvalue weighted by Gasteiger charge is 2.25. The number of hydrazine groups is 1. The topological polar surface area (TPSA) is 71.1 Å². The van der Waals surface area contributed by atoms with Gasteiger partial charge in [0, 0.05) is 11.3 Å². The van der Waals surface area contributed by atoms with Crippen LogP contribution in [0.2, 0.25) is 0 Å². The fourth-order valence-electron chi connectivity index (χ4n) is 2.15. The Morgan fingerprint density at radius 2 is 1.85 bits per heavy atom. The van der Waals surface area contributed by atoms with Gasteiger partial charge in [-0.15, -0.1) is 0 Å². The molecule has 0 radical (unpaired) electrons. The number of benzene rings is 1. The average molecular weight is 269 g/mol. The molecule has 1 heterocycles. The molecule has 0 saturated heterocycles. The fraction of sp³-hybridized carbons (Fsp3) is 0.267. The number of pyridine rings is 1. The minimum atomic E-state index is -0.400. The number of amides is 2. The van der Waals surface area contributed by atoms with E-state index >= 15 is 0 Å². The molecular formula is C15H15N3O2. The van der Waals surface area contributed by atoms with Crippen molar-refractivity contribution in [1.82, 2.24) is 15.8 Å². The first kappa shape index (κ1) is 12.6. The van der Waals surface area contributed by atoms with Gasteiger partial charge in [-0.1, -0.05) is 30.7 Å². The summed E-state index contributed by atoms with van der Waals surface area (Å²) in [4.78, 5) is 27.8. The van der Waals surface area contributed by atoms with E-state index in [9.17, 15) is 9.59 Å². The van der Waals surface area contributed by atoms with Crippen LogP contribution in [-0.2, 0) is 4.79 Å². The Hall–Kier alpha value is -2.43. The Morgan fingerprint density at radius 1 is 1.05 bits per heavy atom. The third-order valence-electron chi connectivity index (χ3n) is 3.61. The van der Waals surface area contributed by atoms with Crippen molar-refractivity contribution >= 4 is 22.7 Å². The second-order valence-electron chi connectivity index (χ2n) is 4.96. The van der Waals surface area contributed by atoms with E-state index in [0.29, 0.717) is 0 Å². The maximum absolute atomic E-state index is 11.9. The van der Waals surface area contributed by atoms with Gasteiger partial charge in [-0.3, -0.25) is 20.4 Å². The third kappa shape index (κ3) is 2.47. The van der Waals surface area contributed by atoms with E-state index in [-0.39, 0.29) is 17.5 Å². The van der Waals surface area contributed by atoms with Gasteiger partial charge in [0.1, 0.15) is 5.69 Å². The molecule has 1 aromatic carbocycles. The van der Waals surface area contributed by atoms with E-state index in [0.717, 1.165) is 30.2 Å². The van der Waals surface area contributed by atoms with Crippen molar-refractivity contribution in [3.8, 4) is 0 Å². The Kier molecular flexibility index (Phi) is 3.33. The Labute approximate surface area is 116 Å². The predicted molar refractivity (Wildman–Crippen MR) is 74.7 cm³/mol. The molecule has 5 nitrogen and oxygen atoms in total. The lowest BCUT2D eigenvalue weighted by atomic mass is 9.85. The largest absolute Gasteiger partial charge is 0.288 e. The summed E-state index contributed by atoms with van der Waals surface area (Å²) < 4.78 is 0. The molecule has 2 aromatic rings. The maximum atomic E-state index is 11.9. The second kappa shape index (κ2) is 5.28. The van der Waals surface area contributed by atoms with Crippen LogP contribution in [0.4, 0.5) is 0 Å². The lowest BCUT2D eigenvalue weighted by Crippen LogP contribution is -2.46. The summed E-state index contributed by atoms with van der Waals surface area (Å²) in [6.45, 7) is 0. The van der Waals surface area contributed by atoms with Crippen molar-refractivity contribution in [2.24, 2.45) is 5.92 Å². The van der Waals surface area contributed by atoms with Gasteiger partial charge >= 0.3 is 0 Å². The van der Waals surface area contributed by atoms with Gasteiger partial charge in [0.05, 0.1) is 5.52 Å². The number of nitrogens with one attached hydrogen (secondary N) is 2. The Morgan fingerprint density at radius 3 is 2.60 bits per heavy atom. The van der Waals surface area contributed by atoms with Crippen molar-refractivity contribution in [3.63, 3.8) is 0 Å². The normalized spacial score (nSPS) is 14.6. The lowest BCUT2D eigenvalue weighted by molar-refractivity contribution is -0.128. The zero-order valence-corrected chi connectivity index (χ0v) is 10.9. The molecule has 1 fully saturated rings. The monoisotopic (exact) mass is 269 g/mol. The maximum Gasteiger partial charge on any atom is 0.288 e. The molecule has 102 valence electrons. The van der Waals surface area contributed by atoms with Crippen LogP contribution >= 0.6 is 0 Å². The van der Waals surface area contributed by atoms with Crippen LogP contribution in [-0.4, -0.2) is 16.8 Å². The van der Waals surface area contributed by atoms with Gasteiger partial charge in [0.15, 0.2) is 0 Å². The highest BCUT2D eigenvalue weighted by Crippen LogP contribution is 2.25. The Balaban J connectivity index is 1.67. The SMILES string of the molecule is O=C(NNC(=O)C1CCC1)c1ccc2ccccc2n1. The quantitative estimate of drug-likeness (QED) is 0.817. The first-order valence-corrected chi connectivity index (χ1v) is 6.70. The van der Waals surface area contributed by atoms with E-state index in [1.807, 2.05) is 30.3 Å². The number of rotatable bonds is 2. The van der Waals surface area contributed by atoms with Gasteiger partial charge in [-0.05, 0) is 25.0 Å². The molecule has 0 aliphatic heterocycles. The molecule has 20 heavy (non-hydrogen) atoms. The third-order valence-corrected chi connectivity index (χ3v) is 3.61. The van der Waals surface area contributed by atoms with Crippen LogP contribution < -0.4 is 10.9 Å².